The van der Waals surface area contributed by atoms with Crippen molar-refractivity contribution in [2.75, 3.05) is 6.54 Å². The van der Waals surface area contributed by atoms with Crippen molar-refractivity contribution < 1.29 is 23.4 Å². The van der Waals surface area contributed by atoms with Gasteiger partial charge in [-0.2, -0.15) is 0 Å². The molecule has 8 heteroatoms. The normalized spacial score (nSPS) is 20.6. The molecule has 4 rings (SSSR count). The van der Waals surface area contributed by atoms with Crippen molar-refractivity contribution in [2.24, 2.45) is 0 Å². The maximum Gasteiger partial charge on any atom is 0.217 e. The molecule has 1 aliphatic carbocycles. The Hall–Kier alpha value is -2.03. The van der Waals surface area contributed by atoms with E-state index in [1.54, 1.807) is 0 Å². The first kappa shape index (κ1) is 23.1. The predicted octanol–water partition coefficient (Wildman–Crippen LogP) is 4.17. The number of benzene rings is 2. The molecular formula is C24H27BrF2N2O3. The summed E-state index contributed by atoms with van der Waals surface area (Å²) in [6.45, 7) is 1.56. The van der Waals surface area contributed by atoms with Gasteiger partial charge in [-0.1, -0.05) is 22.0 Å². The molecule has 172 valence electrons. The van der Waals surface area contributed by atoms with Crippen LogP contribution in [-0.4, -0.2) is 35.3 Å². The molecule has 3 N–H and O–H groups in total. The number of carbonyl (C=O) groups excluding carboxylic acids is 1. The minimum Gasteiger partial charge on any atom is -0.487 e. The number of aliphatic hydroxyl groups is 1. The number of halogens is 3. The third-order valence-corrected chi connectivity index (χ3v) is 6.82. The molecule has 0 unspecified atom stereocenters. The van der Waals surface area contributed by atoms with E-state index in [1.807, 2.05) is 18.2 Å². The summed E-state index contributed by atoms with van der Waals surface area (Å²) in [5.41, 5.74) is 1.23. The number of hydrogen-bond acceptors (Lipinski definition) is 4. The maximum atomic E-state index is 13.6. The average molecular weight is 509 g/mol. The molecule has 2 aromatic carbocycles. The van der Waals surface area contributed by atoms with Crippen LogP contribution in [0.15, 0.2) is 40.9 Å². The van der Waals surface area contributed by atoms with E-state index in [0.717, 1.165) is 47.5 Å². The van der Waals surface area contributed by atoms with Crippen molar-refractivity contribution in [3.05, 3.63) is 63.6 Å². The van der Waals surface area contributed by atoms with E-state index in [1.165, 1.54) is 19.1 Å². The Labute approximate surface area is 194 Å². The molecule has 0 aromatic heterocycles. The van der Waals surface area contributed by atoms with Gasteiger partial charge in [0.15, 0.2) is 0 Å². The predicted molar refractivity (Wildman–Crippen MR) is 120 cm³/mol. The van der Waals surface area contributed by atoms with Crippen LogP contribution in [0.4, 0.5) is 8.78 Å². The first-order valence-corrected chi connectivity index (χ1v) is 11.6. The summed E-state index contributed by atoms with van der Waals surface area (Å²) in [6.07, 6.45) is 3.09. The van der Waals surface area contributed by atoms with Gasteiger partial charge in [0.1, 0.15) is 23.0 Å². The zero-order chi connectivity index (χ0) is 22.9. The van der Waals surface area contributed by atoms with E-state index in [2.05, 4.69) is 26.6 Å². The Morgan fingerprint density at radius 3 is 2.59 bits per heavy atom. The largest absolute Gasteiger partial charge is 0.487 e. The van der Waals surface area contributed by atoms with Gasteiger partial charge < -0.3 is 20.5 Å². The molecule has 1 amide bonds. The van der Waals surface area contributed by atoms with Gasteiger partial charge in [-0.25, -0.2) is 8.78 Å². The topological polar surface area (TPSA) is 70.6 Å². The summed E-state index contributed by atoms with van der Waals surface area (Å²) >= 11 is 3.50. The first-order valence-electron chi connectivity index (χ1n) is 10.8. The van der Waals surface area contributed by atoms with Crippen molar-refractivity contribution in [2.45, 2.75) is 62.8 Å². The van der Waals surface area contributed by atoms with E-state index in [4.69, 9.17) is 4.74 Å². The second-order valence-electron chi connectivity index (χ2n) is 8.84. The fourth-order valence-electron chi connectivity index (χ4n) is 4.63. The average Bonchev–Trinajstić information content (AvgIpc) is 2.68. The summed E-state index contributed by atoms with van der Waals surface area (Å²) in [6, 6.07) is 8.47. The van der Waals surface area contributed by atoms with E-state index < -0.39 is 23.8 Å². The number of carbonyl (C=O) groups is 1. The first-order chi connectivity index (χ1) is 15.2. The summed E-state index contributed by atoms with van der Waals surface area (Å²) < 4.78 is 34.5. The minimum absolute atomic E-state index is 0.00797. The lowest BCUT2D eigenvalue weighted by Gasteiger charge is -2.48. The van der Waals surface area contributed by atoms with Gasteiger partial charge in [0.2, 0.25) is 5.91 Å². The fourth-order valence-corrected chi connectivity index (χ4v) is 4.97. The van der Waals surface area contributed by atoms with Crippen molar-refractivity contribution >= 4 is 21.8 Å². The molecule has 0 saturated heterocycles. The Morgan fingerprint density at radius 1 is 1.25 bits per heavy atom. The van der Waals surface area contributed by atoms with Crippen LogP contribution in [0, 0.1) is 11.6 Å². The number of amides is 1. The lowest BCUT2D eigenvalue weighted by atomic mass is 9.73. The minimum atomic E-state index is -0.954. The van der Waals surface area contributed by atoms with Crippen LogP contribution in [0.5, 0.6) is 5.75 Å². The Balaban J connectivity index is 1.47. The maximum absolute atomic E-state index is 13.6. The van der Waals surface area contributed by atoms with Crippen LogP contribution >= 0.6 is 15.9 Å². The fraction of sp³-hybridized carbons (Fsp3) is 0.458. The molecule has 2 aliphatic rings. The highest BCUT2D eigenvalue weighted by Crippen LogP contribution is 2.49. The monoisotopic (exact) mass is 508 g/mol. The third kappa shape index (κ3) is 5.30. The molecule has 1 heterocycles. The highest BCUT2D eigenvalue weighted by atomic mass is 79.9. The van der Waals surface area contributed by atoms with Gasteiger partial charge in [-0.3, -0.25) is 4.79 Å². The number of rotatable bonds is 7. The van der Waals surface area contributed by atoms with Crippen LogP contribution in [0.25, 0.3) is 0 Å². The molecule has 2 aromatic rings. The molecule has 32 heavy (non-hydrogen) atoms. The molecular weight excluding hydrogens is 482 g/mol. The van der Waals surface area contributed by atoms with Crippen LogP contribution in [0.3, 0.4) is 0 Å². The molecule has 1 aliphatic heterocycles. The highest BCUT2D eigenvalue weighted by Gasteiger charge is 2.45. The van der Waals surface area contributed by atoms with Crippen LogP contribution < -0.4 is 15.4 Å². The Kier molecular flexibility index (Phi) is 6.83. The molecule has 0 radical (unpaired) electrons. The van der Waals surface area contributed by atoms with Crippen molar-refractivity contribution in [1.29, 1.82) is 0 Å². The molecule has 1 spiro atoms. The van der Waals surface area contributed by atoms with Gasteiger partial charge in [0, 0.05) is 42.0 Å². The Morgan fingerprint density at radius 2 is 1.97 bits per heavy atom. The zero-order valence-corrected chi connectivity index (χ0v) is 19.4. The lowest BCUT2D eigenvalue weighted by Crippen LogP contribution is -2.52. The number of ether oxygens (including phenoxy) is 1. The van der Waals surface area contributed by atoms with Crippen LogP contribution in [-0.2, 0) is 11.2 Å². The van der Waals surface area contributed by atoms with Crippen molar-refractivity contribution in [3.63, 3.8) is 0 Å². The van der Waals surface area contributed by atoms with Gasteiger partial charge >= 0.3 is 0 Å². The molecule has 1 fully saturated rings. The van der Waals surface area contributed by atoms with E-state index in [-0.39, 0.29) is 30.5 Å². The third-order valence-electron chi connectivity index (χ3n) is 6.32. The number of fused-ring (bicyclic) bond motifs is 1. The number of hydrogen-bond donors (Lipinski definition) is 3. The lowest BCUT2D eigenvalue weighted by molar-refractivity contribution is -0.120. The quantitative estimate of drug-likeness (QED) is 0.524. The summed E-state index contributed by atoms with van der Waals surface area (Å²) in [4.78, 5) is 11.7. The molecule has 1 saturated carbocycles. The molecule has 3 atom stereocenters. The van der Waals surface area contributed by atoms with E-state index in [0.29, 0.717) is 5.56 Å². The van der Waals surface area contributed by atoms with Gasteiger partial charge in [0.05, 0.1) is 12.1 Å². The summed E-state index contributed by atoms with van der Waals surface area (Å²) in [5, 5.41) is 17.0. The number of nitrogens with one attached hydrogen (secondary N) is 2. The molecule has 5 nitrogen and oxygen atoms in total. The molecule has 0 bridgehead atoms. The van der Waals surface area contributed by atoms with E-state index >= 15 is 0 Å². The standard InChI is InChI=1S/C24H27BrF2N2O3/c1-14(30)29-20(9-15-7-17(26)11-18(27)8-15)22(31)13-28-21-12-24(5-2-6-24)32-23-10-16(25)3-4-19(21)23/h3-4,7-8,10-11,20-22,28,31H,2,5-6,9,12-13H2,1H3,(H,29,30)/t20-,21-,22+/m0/s1. The number of aliphatic hydroxyl groups excluding tert-OH is 1. The van der Waals surface area contributed by atoms with Gasteiger partial charge in [-0.15, -0.1) is 0 Å². The van der Waals surface area contributed by atoms with E-state index in [9.17, 15) is 18.7 Å². The van der Waals surface area contributed by atoms with Crippen molar-refractivity contribution in [3.8, 4) is 5.75 Å². The SMILES string of the molecule is CC(=O)N[C@@H](Cc1cc(F)cc(F)c1)[C@H](O)CN[C@H]1CC2(CCC2)Oc2cc(Br)ccc21. The van der Waals surface area contributed by atoms with Crippen molar-refractivity contribution in [1.82, 2.24) is 10.6 Å². The summed E-state index contributed by atoms with van der Waals surface area (Å²) in [5.74, 6) is -0.860. The highest BCUT2D eigenvalue weighted by molar-refractivity contribution is 9.10. The zero-order valence-electron chi connectivity index (χ0n) is 17.8. The van der Waals surface area contributed by atoms with Crippen LogP contribution in [0.1, 0.15) is 49.8 Å². The second-order valence-corrected chi connectivity index (χ2v) is 9.76. The summed E-state index contributed by atoms with van der Waals surface area (Å²) in [7, 11) is 0. The van der Waals surface area contributed by atoms with Gasteiger partial charge in [0.25, 0.3) is 0 Å². The second kappa shape index (κ2) is 9.45. The Bertz CT molecular complexity index is 979. The van der Waals surface area contributed by atoms with Crippen LogP contribution in [0.2, 0.25) is 0 Å². The van der Waals surface area contributed by atoms with Gasteiger partial charge in [-0.05, 0) is 55.5 Å². The smallest absolute Gasteiger partial charge is 0.217 e.